The van der Waals surface area contributed by atoms with E-state index >= 15 is 0 Å². The molecule has 0 atom stereocenters. The van der Waals surface area contributed by atoms with Crippen LogP contribution in [0.25, 0.3) is 0 Å². The van der Waals surface area contributed by atoms with Crippen LogP contribution in [0.1, 0.15) is 46.0 Å². The molecule has 0 N–H and O–H groups in total. The summed E-state index contributed by atoms with van der Waals surface area (Å²) in [5.41, 5.74) is 6.46. The minimum absolute atomic E-state index is 1.02. The molecule has 0 aliphatic carbocycles. The van der Waals surface area contributed by atoms with Gasteiger partial charge in [0.25, 0.3) is 0 Å². The maximum Gasteiger partial charge on any atom is 0.129 e. The minimum atomic E-state index is -1.17. The number of alkyl halides is 1. The summed E-state index contributed by atoms with van der Waals surface area (Å²) in [6, 6.07) is 0. The van der Waals surface area contributed by atoms with E-state index in [9.17, 15) is 0 Å². The smallest absolute Gasteiger partial charge is 0.129 e. The molecule has 0 spiro atoms. The highest BCUT2D eigenvalue weighted by atomic mass is 127. The highest BCUT2D eigenvalue weighted by Crippen LogP contribution is 2.10. The number of rotatable bonds is 7. The lowest BCUT2D eigenvalue weighted by atomic mass is 10.1. The van der Waals surface area contributed by atoms with E-state index in [0.717, 1.165) is 12.8 Å². The van der Waals surface area contributed by atoms with E-state index in [-0.39, 0.29) is 0 Å². The van der Waals surface area contributed by atoms with Crippen LogP contribution in [0, 0.1) is 11.5 Å². The maximum atomic E-state index is 3.42. The van der Waals surface area contributed by atoms with E-state index in [1.165, 1.54) is 34.8 Å². The number of halogens is 1. The van der Waals surface area contributed by atoms with Crippen LogP contribution in [0.4, 0.5) is 0 Å². The Bertz CT molecular complexity index is 361. The summed E-state index contributed by atoms with van der Waals surface area (Å²) >= 11 is 2.44. The third kappa shape index (κ3) is 14.2. The normalized spacial score (nSPS) is 13.2. The predicted octanol–water partition coefficient (Wildman–Crippen LogP) is 6.15. The van der Waals surface area contributed by atoms with Crippen LogP contribution in [0.3, 0.4) is 0 Å². The monoisotopic (exact) mass is 388 g/mol. The van der Waals surface area contributed by atoms with Crippen LogP contribution in [0.15, 0.2) is 23.3 Å². The molecule has 0 aromatic carbocycles. The molecule has 0 heterocycles. The van der Waals surface area contributed by atoms with Gasteiger partial charge in [0.15, 0.2) is 0 Å². The molecule has 108 valence electrons. The van der Waals surface area contributed by atoms with Crippen molar-refractivity contribution < 1.29 is 0 Å². The highest BCUT2D eigenvalue weighted by molar-refractivity contribution is 14.1. The quantitative estimate of drug-likeness (QED) is 0.123. The lowest BCUT2D eigenvalue weighted by Crippen LogP contribution is -2.16. The summed E-state index contributed by atoms with van der Waals surface area (Å²) in [5, 5.41) is 0. The van der Waals surface area contributed by atoms with Gasteiger partial charge in [-0.1, -0.05) is 65.5 Å². The van der Waals surface area contributed by atoms with Gasteiger partial charge in [0.1, 0.15) is 8.07 Å². The fourth-order valence-corrected chi connectivity index (χ4v) is 3.12. The van der Waals surface area contributed by atoms with Gasteiger partial charge in [-0.05, 0) is 39.5 Å². The van der Waals surface area contributed by atoms with Crippen LogP contribution in [-0.4, -0.2) is 12.5 Å². The number of hydrogen-bond acceptors (Lipinski definition) is 0. The molecule has 0 unspecified atom stereocenters. The molecule has 0 nitrogen and oxygen atoms in total. The second-order valence-corrected chi connectivity index (χ2v) is 12.0. The summed E-state index contributed by atoms with van der Waals surface area (Å²) in [4.78, 5) is 0. The summed E-state index contributed by atoms with van der Waals surface area (Å²) in [6.07, 6.45) is 10.5. The van der Waals surface area contributed by atoms with Crippen LogP contribution in [0.5, 0.6) is 0 Å². The molecule has 0 bridgehead atoms. The molecule has 0 aromatic heterocycles. The first-order valence-electron chi connectivity index (χ1n) is 7.22. The zero-order valence-electron chi connectivity index (χ0n) is 13.3. The fourth-order valence-electron chi connectivity index (χ4n) is 1.62. The summed E-state index contributed by atoms with van der Waals surface area (Å²) in [7, 11) is -1.17. The fraction of sp³-hybridized carbons (Fsp3) is 0.647. The second kappa shape index (κ2) is 10.7. The number of allylic oxidation sites excluding steroid dienone is 4. The molecule has 19 heavy (non-hydrogen) atoms. The van der Waals surface area contributed by atoms with Gasteiger partial charge in [0.05, 0.1) is 0 Å². The van der Waals surface area contributed by atoms with Crippen molar-refractivity contribution in [1.29, 1.82) is 0 Å². The van der Waals surface area contributed by atoms with Gasteiger partial charge in [-0.25, -0.2) is 0 Å². The number of unbranched alkanes of at least 4 members (excludes halogenated alkanes) is 1. The predicted molar refractivity (Wildman–Crippen MR) is 101 cm³/mol. The summed E-state index contributed by atoms with van der Waals surface area (Å²) in [5.74, 6) is 3.33. The third-order valence-electron chi connectivity index (χ3n) is 2.75. The third-order valence-corrected chi connectivity index (χ3v) is 4.21. The zero-order chi connectivity index (χ0) is 14.7. The van der Waals surface area contributed by atoms with Crippen molar-refractivity contribution in [1.82, 2.24) is 0 Å². The first-order chi connectivity index (χ1) is 8.85. The van der Waals surface area contributed by atoms with E-state index in [1.54, 1.807) is 0 Å². The van der Waals surface area contributed by atoms with Crippen LogP contribution in [-0.2, 0) is 0 Å². The van der Waals surface area contributed by atoms with Crippen LogP contribution >= 0.6 is 22.6 Å². The Hall–Kier alpha value is -0.0131. The standard InChI is InChI=1S/C17H29ISi/c1-16(11-9-12-17(2)13-14-18)10-7-6-8-15-19(3,4)5/h10,12H,6-7,9,11,13-14H2,1-5H3/b16-10+,17-12+. The van der Waals surface area contributed by atoms with Crippen LogP contribution in [0.2, 0.25) is 19.6 Å². The van der Waals surface area contributed by atoms with Crippen molar-refractivity contribution in [2.24, 2.45) is 0 Å². The topological polar surface area (TPSA) is 0 Å². The molecule has 2 heteroatoms. The van der Waals surface area contributed by atoms with E-state index in [1.807, 2.05) is 0 Å². The van der Waals surface area contributed by atoms with Crippen molar-refractivity contribution in [3.05, 3.63) is 23.3 Å². The number of hydrogen-bond donors (Lipinski definition) is 0. The van der Waals surface area contributed by atoms with Crippen molar-refractivity contribution in [2.75, 3.05) is 4.43 Å². The Labute approximate surface area is 135 Å². The van der Waals surface area contributed by atoms with Crippen molar-refractivity contribution in [2.45, 2.75) is 65.6 Å². The van der Waals surface area contributed by atoms with E-state index in [2.05, 4.69) is 79.7 Å². The molecular formula is C17H29ISi. The van der Waals surface area contributed by atoms with Gasteiger partial charge in [-0.2, -0.15) is 0 Å². The van der Waals surface area contributed by atoms with E-state index in [4.69, 9.17) is 0 Å². The van der Waals surface area contributed by atoms with Crippen molar-refractivity contribution in [3.8, 4) is 11.5 Å². The summed E-state index contributed by atoms with van der Waals surface area (Å²) in [6.45, 7) is 11.4. The van der Waals surface area contributed by atoms with Gasteiger partial charge < -0.3 is 0 Å². The van der Waals surface area contributed by atoms with Gasteiger partial charge in [0, 0.05) is 10.8 Å². The molecular weight excluding hydrogens is 359 g/mol. The maximum absolute atomic E-state index is 3.42. The molecule has 0 amide bonds. The average molecular weight is 388 g/mol. The Morgan fingerprint density at radius 1 is 1.00 bits per heavy atom. The van der Waals surface area contributed by atoms with Gasteiger partial charge in [0.2, 0.25) is 0 Å². The zero-order valence-corrected chi connectivity index (χ0v) is 16.4. The molecule has 0 fully saturated rings. The van der Waals surface area contributed by atoms with Crippen molar-refractivity contribution >= 4 is 30.7 Å². The molecule has 0 radical (unpaired) electrons. The highest BCUT2D eigenvalue weighted by Gasteiger charge is 2.06. The largest absolute Gasteiger partial charge is 0.132 e. The molecule has 0 saturated carbocycles. The average Bonchev–Trinajstić information content (AvgIpc) is 2.27. The molecule has 0 saturated heterocycles. The molecule has 0 aliphatic rings. The van der Waals surface area contributed by atoms with E-state index in [0.29, 0.717) is 0 Å². The van der Waals surface area contributed by atoms with Gasteiger partial charge in [-0.15, -0.1) is 11.5 Å². The van der Waals surface area contributed by atoms with Crippen LogP contribution < -0.4 is 0 Å². The minimum Gasteiger partial charge on any atom is -0.132 e. The molecule has 0 aliphatic heterocycles. The first-order valence-corrected chi connectivity index (χ1v) is 12.2. The SMILES string of the molecule is C/C(=C\CC/C(C)=C/CCC#C[Si](C)(C)C)CCI. The van der Waals surface area contributed by atoms with Gasteiger partial charge >= 0.3 is 0 Å². The Morgan fingerprint density at radius 2 is 1.58 bits per heavy atom. The Balaban J connectivity index is 3.89. The lowest BCUT2D eigenvalue weighted by molar-refractivity contribution is 0.933. The van der Waals surface area contributed by atoms with Crippen molar-refractivity contribution in [3.63, 3.8) is 0 Å². The molecule has 0 rings (SSSR count). The Morgan fingerprint density at radius 3 is 2.16 bits per heavy atom. The second-order valence-electron chi connectivity index (χ2n) is 6.17. The Kier molecular flexibility index (Phi) is 10.7. The molecule has 0 aromatic rings. The first kappa shape index (κ1) is 19.0. The van der Waals surface area contributed by atoms with E-state index < -0.39 is 8.07 Å². The van der Waals surface area contributed by atoms with Gasteiger partial charge in [-0.3, -0.25) is 0 Å². The summed E-state index contributed by atoms with van der Waals surface area (Å²) < 4.78 is 1.23. The lowest BCUT2D eigenvalue weighted by Gasteiger charge is -2.03.